The van der Waals surface area contributed by atoms with Crippen LogP contribution in [0, 0.1) is 3.57 Å². The Kier molecular flexibility index (Phi) is 4.97. The SMILES string of the molecule is CC(C)(C)c1ccc(CNc2ccc(I)cc2Cl)cc1. The molecule has 0 spiro atoms. The molecule has 106 valence electrons. The van der Waals surface area contributed by atoms with Crippen LogP contribution in [0.4, 0.5) is 5.69 Å². The van der Waals surface area contributed by atoms with Gasteiger partial charge in [-0.15, -0.1) is 0 Å². The van der Waals surface area contributed by atoms with E-state index >= 15 is 0 Å². The lowest BCUT2D eigenvalue weighted by Gasteiger charge is -2.19. The van der Waals surface area contributed by atoms with Crippen molar-refractivity contribution >= 4 is 39.9 Å². The third-order valence-corrected chi connectivity index (χ3v) is 4.22. The maximum atomic E-state index is 6.21. The van der Waals surface area contributed by atoms with Crippen LogP contribution in [0.1, 0.15) is 31.9 Å². The van der Waals surface area contributed by atoms with Gasteiger partial charge in [0.15, 0.2) is 0 Å². The molecule has 2 rings (SSSR count). The van der Waals surface area contributed by atoms with Crippen molar-refractivity contribution in [2.75, 3.05) is 5.32 Å². The van der Waals surface area contributed by atoms with E-state index in [1.54, 1.807) is 0 Å². The second kappa shape index (κ2) is 6.35. The predicted molar refractivity (Wildman–Crippen MR) is 96.6 cm³/mol. The zero-order valence-corrected chi connectivity index (χ0v) is 14.9. The van der Waals surface area contributed by atoms with Crippen LogP contribution in [-0.4, -0.2) is 0 Å². The molecule has 0 bridgehead atoms. The molecular formula is C17H19ClIN. The Morgan fingerprint density at radius 3 is 2.25 bits per heavy atom. The van der Waals surface area contributed by atoms with E-state index < -0.39 is 0 Å². The van der Waals surface area contributed by atoms with Crippen molar-refractivity contribution in [2.45, 2.75) is 32.7 Å². The molecule has 0 aromatic heterocycles. The zero-order valence-electron chi connectivity index (χ0n) is 12.0. The fourth-order valence-corrected chi connectivity index (χ4v) is 2.88. The molecule has 0 aliphatic heterocycles. The summed E-state index contributed by atoms with van der Waals surface area (Å²) in [5.74, 6) is 0. The molecule has 0 radical (unpaired) electrons. The first kappa shape index (κ1) is 15.6. The number of hydrogen-bond acceptors (Lipinski definition) is 1. The predicted octanol–water partition coefficient (Wildman–Crippen LogP) is 5.85. The maximum Gasteiger partial charge on any atom is 0.0648 e. The van der Waals surface area contributed by atoms with Crippen molar-refractivity contribution in [1.29, 1.82) is 0 Å². The van der Waals surface area contributed by atoms with Crippen molar-refractivity contribution in [1.82, 2.24) is 0 Å². The van der Waals surface area contributed by atoms with Gasteiger partial charge in [0, 0.05) is 10.1 Å². The Balaban J connectivity index is 2.04. The summed E-state index contributed by atoms with van der Waals surface area (Å²) < 4.78 is 1.15. The van der Waals surface area contributed by atoms with Gasteiger partial charge in [-0.2, -0.15) is 0 Å². The first-order valence-electron chi connectivity index (χ1n) is 6.64. The summed E-state index contributed by atoms with van der Waals surface area (Å²) in [5.41, 5.74) is 3.79. The molecule has 1 N–H and O–H groups in total. The summed E-state index contributed by atoms with van der Waals surface area (Å²) in [4.78, 5) is 0. The Labute approximate surface area is 139 Å². The molecule has 1 nitrogen and oxygen atoms in total. The fourth-order valence-electron chi connectivity index (χ4n) is 1.95. The first-order chi connectivity index (χ1) is 9.36. The zero-order chi connectivity index (χ0) is 14.8. The molecule has 2 aromatic carbocycles. The third-order valence-electron chi connectivity index (χ3n) is 3.23. The van der Waals surface area contributed by atoms with Gasteiger partial charge in [-0.05, 0) is 57.3 Å². The average molecular weight is 400 g/mol. The lowest BCUT2D eigenvalue weighted by molar-refractivity contribution is 0.590. The van der Waals surface area contributed by atoms with Gasteiger partial charge in [-0.25, -0.2) is 0 Å². The summed E-state index contributed by atoms with van der Waals surface area (Å²) in [6.07, 6.45) is 0. The molecule has 0 heterocycles. The minimum absolute atomic E-state index is 0.200. The quantitative estimate of drug-likeness (QED) is 0.638. The first-order valence-corrected chi connectivity index (χ1v) is 8.10. The normalized spacial score (nSPS) is 11.4. The van der Waals surface area contributed by atoms with E-state index in [1.165, 1.54) is 11.1 Å². The van der Waals surface area contributed by atoms with Crippen LogP contribution in [-0.2, 0) is 12.0 Å². The number of benzene rings is 2. The molecule has 0 aliphatic rings. The second-order valence-corrected chi connectivity index (χ2v) is 7.58. The van der Waals surface area contributed by atoms with Crippen LogP contribution in [0.15, 0.2) is 42.5 Å². The maximum absolute atomic E-state index is 6.21. The van der Waals surface area contributed by atoms with E-state index in [4.69, 9.17) is 11.6 Å². The number of hydrogen-bond donors (Lipinski definition) is 1. The van der Waals surface area contributed by atoms with Crippen LogP contribution in [0.3, 0.4) is 0 Å². The van der Waals surface area contributed by atoms with Crippen molar-refractivity contribution in [3.63, 3.8) is 0 Å². The molecule has 0 unspecified atom stereocenters. The third kappa shape index (κ3) is 4.13. The Hall–Kier alpha value is -0.740. The fraction of sp³-hybridized carbons (Fsp3) is 0.294. The molecule has 0 atom stereocenters. The van der Waals surface area contributed by atoms with Crippen LogP contribution in [0.2, 0.25) is 5.02 Å². The smallest absolute Gasteiger partial charge is 0.0648 e. The molecule has 2 aromatic rings. The minimum atomic E-state index is 0.200. The standard InChI is InChI=1S/C17H19ClIN/c1-17(2,3)13-6-4-12(5-7-13)11-20-16-9-8-14(19)10-15(16)18/h4-10,20H,11H2,1-3H3. The highest BCUT2D eigenvalue weighted by atomic mass is 127. The van der Waals surface area contributed by atoms with Gasteiger partial charge in [0.1, 0.15) is 0 Å². The highest BCUT2D eigenvalue weighted by Gasteiger charge is 2.12. The van der Waals surface area contributed by atoms with Crippen LogP contribution >= 0.6 is 34.2 Å². The number of anilines is 1. The van der Waals surface area contributed by atoms with Gasteiger partial charge < -0.3 is 5.32 Å². The highest BCUT2D eigenvalue weighted by Crippen LogP contribution is 2.25. The van der Waals surface area contributed by atoms with Gasteiger partial charge in [-0.3, -0.25) is 0 Å². The highest BCUT2D eigenvalue weighted by molar-refractivity contribution is 14.1. The van der Waals surface area contributed by atoms with Gasteiger partial charge in [0.25, 0.3) is 0 Å². The van der Waals surface area contributed by atoms with E-state index in [1.807, 2.05) is 12.1 Å². The molecule has 0 saturated carbocycles. The largest absolute Gasteiger partial charge is 0.380 e. The van der Waals surface area contributed by atoms with Crippen molar-refractivity contribution in [3.05, 3.63) is 62.2 Å². The minimum Gasteiger partial charge on any atom is -0.380 e. The van der Waals surface area contributed by atoms with Crippen molar-refractivity contribution in [3.8, 4) is 0 Å². The average Bonchev–Trinajstić information content (AvgIpc) is 2.37. The molecule has 0 saturated heterocycles. The van der Waals surface area contributed by atoms with Gasteiger partial charge >= 0.3 is 0 Å². The van der Waals surface area contributed by atoms with E-state index in [9.17, 15) is 0 Å². The van der Waals surface area contributed by atoms with Crippen molar-refractivity contribution < 1.29 is 0 Å². The number of nitrogens with one attached hydrogen (secondary N) is 1. The molecule has 0 fully saturated rings. The van der Waals surface area contributed by atoms with Crippen molar-refractivity contribution in [2.24, 2.45) is 0 Å². The summed E-state index contributed by atoms with van der Waals surface area (Å²) >= 11 is 8.47. The van der Waals surface area contributed by atoms with Gasteiger partial charge in [0.2, 0.25) is 0 Å². The second-order valence-electron chi connectivity index (χ2n) is 5.92. The van der Waals surface area contributed by atoms with E-state index in [-0.39, 0.29) is 5.41 Å². The molecular weight excluding hydrogens is 381 g/mol. The molecule has 0 amide bonds. The Morgan fingerprint density at radius 2 is 1.70 bits per heavy atom. The Bertz CT molecular complexity index is 585. The summed E-state index contributed by atoms with van der Waals surface area (Å²) in [6.45, 7) is 7.47. The lowest BCUT2D eigenvalue weighted by Crippen LogP contribution is -2.11. The van der Waals surface area contributed by atoms with E-state index in [0.29, 0.717) is 0 Å². The van der Waals surface area contributed by atoms with E-state index in [0.717, 1.165) is 20.8 Å². The number of rotatable bonds is 3. The topological polar surface area (TPSA) is 12.0 Å². The molecule has 3 heteroatoms. The summed E-state index contributed by atoms with van der Waals surface area (Å²) in [7, 11) is 0. The van der Waals surface area contributed by atoms with E-state index in [2.05, 4.69) is 79.0 Å². The summed E-state index contributed by atoms with van der Waals surface area (Å²) in [5, 5.41) is 4.15. The van der Waals surface area contributed by atoms with Crippen LogP contribution in [0.5, 0.6) is 0 Å². The Morgan fingerprint density at radius 1 is 1.05 bits per heavy atom. The summed E-state index contributed by atoms with van der Waals surface area (Å²) in [6, 6.07) is 14.8. The monoisotopic (exact) mass is 399 g/mol. The molecule has 20 heavy (non-hydrogen) atoms. The lowest BCUT2D eigenvalue weighted by atomic mass is 9.87. The van der Waals surface area contributed by atoms with Gasteiger partial charge in [-0.1, -0.05) is 56.6 Å². The van der Waals surface area contributed by atoms with Gasteiger partial charge in [0.05, 0.1) is 10.7 Å². The molecule has 0 aliphatic carbocycles. The number of halogens is 2. The van der Waals surface area contributed by atoms with Crippen LogP contribution < -0.4 is 5.32 Å². The van der Waals surface area contributed by atoms with Crippen LogP contribution in [0.25, 0.3) is 0 Å².